The lowest BCUT2D eigenvalue weighted by Gasteiger charge is -2.14. The van der Waals surface area contributed by atoms with Crippen LogP contribution in [0.25, 0.3) is 11.1 Å². The first-order valence-corrected chi connectivity index (χ1v) is 6.33. The summed E-state index contributed by atoms with van der Waals surface area (Å²) >= 11 is 4.47. The third kappa shape index (κ3) is 2.12. The van der Waals surface area contributed by atoms with Crippen LogP contribution in [0.4, 0.5) is 0 Å². The van der Waals surface area contributed by atoms with Crippen molar-refractivity contribution in [1.82, 2.24) is 0 Å². The molecule has 0 heterocycles. The van der Waals surface area contributed by atoms with Gasteiger partial charge in [0.15, 0.2) is 0 Å². The maximum absolute atomic E-state index is 4.47. The van der Waals surface area contributed by atoms with E-state index in [4.69, 9.17) is 0 Å². The summed E-state index contributed by atoms with van der Waals surface area (Å²) in [4.78, 5) is 1.07. The molecule has 0 aliphatic heterocycles. The largest absolute Gasteiger partial charge is 0.143 e. The number of hydrogen-bond acceptors (Lipinski definition) is 1. The first-order valence-electron chi connectivity index (χ1n) is 5.88. The molecule has 0 aliphatic carbocycles. The Hall–Kier alpha value is -1.21. The summed E-state index contributed by atoms with van der Waals surface area (Å²) in [6.07, 6.45) is 0. The van der Waals surface area contributed by atoms with E-state index >= 15 is 0 Å². The summed E-state index contributed by atoms with van der Waals surface area (Å²) in [5.74, 6) is 0. The van der Waals surface area contributed by atoms with Crippen LogP contribution >= 0.6 is 12.6 Å². The highest BCUT2D eigenvalue weighted by molar-refractivity contribution is 7.80. The van der Waals surface area contributed by atoms with Crippen LogP contribution in [0.3, 0.4) is 0 Å². The van der Waals surface area contributed by atoms with Crippen LogP contribution in [0.2, 0.25) is 0 Å². The lowest BCUT2D eigenvalue weighted by atomic mass is 9.92. The molecule has 17 heavy (non-hydrogen) atoms. The fraction of sp³-hybridized carbons (Fsp3) is 0.250. The predicted molar refractivity (Wildman–Crippen MR) is 78.1 cm³/mol. The Morgan fingerprint density at radius 3 is 2.06 bits per heavy atom. The summed E-state index contributed by atoms with van der Waals surface area (Å²) in [6.45, 7) is 8.65. The quantitative estimate of drug-likeness (QED) is 0.677. The van der Waals surface area contributed by atoms with Gasteiger partial charge in [0, 0.05) is 4.90 Å². The van der Waals surface area contributed by atoms with Crippen molar-refractivity contribution in [2.24, 2.45) is 0 Å². The van der Waals surface area contributed by atoms with Crippen molar-refractivity contribution in [3.8, 4) is 11.1 Å². The minimum atomic E-state index is 1.07. The molecule has 0 aromatic heterocycles. The lowest BCUT2D eigenvalue weighted by Crippen LogP contribution is -1.92. The molecule has 0 N–H and O–H groups in total. The van der Waals surface area contributed by atoms with Gasteiger partial charge in [-0.2, -0.15) is 0 Å². The highest BCUT2D eigenvalue weighted by atomic mass is 32.1. The van der Waals surface area contributed by atoms with Crippen LogP contribution in [0, 0.1) is 27.7 Å². The Kier molecular flexibility index (Phi) is 3.30. The second kappa shape index (κ2) is 4.58. The van der Waals surface area contributed by atoms with Crippen molar-refractivity contribution >= 4 is 12.6 Å². The first-order chi connectivity index (χ1) is 8.02. The molecule has 2 aromatic carbocycles. The molecule has 0 amide bonds. The maximum atomic E-state index is 4.47. The van der Waals surface area contributed by atoms with Crippen LogP contribution in [-0.4, -0.2) is 0 Å². The first kappa shape index (κ1) is 12.3. The molecule has 0 nitrogen and oxygen atoms in total. The zero-order chi connectivity index (χ0) is 12.6. The van der Waals surface area contributed by atoms with Gasteiger partial charge in [-0.05, 0) is 67.1 Å². The van der Waals surface area contributed by atoms with Gasteiger partial charge in [0.05, 0.1) is 0 Å². The van der Waals surface area contributed by atoms with Gasteiger partial charge >= 0.3 is 0 Å². The van der Waals surface area contributed by atoms with Crippen LogP contribution < -0.4 is 0 Å². The average Bonchev–Trinajstić information content (AvgIpc) is 2.31. The molecule has 0 bridgehead atoms. The van der Waals surface area contributed by atoms with Crippen molar-refractivity contribution in [3.63, 3.8) is 0 Å². The molecular weight excluding hydrogens is 224 g/mol. The second-order valence-electron chi connectivity index (χ2n) is 4.63. The Balaban J connectivity index is 2.69. The number of benzene rings is 2. The topological polar surface area (TPSA) is 0 Å². The van der Waals surface area contributed by atoms with E-state index in [2.05, 4.69) is 70.7 Å². The minimum absolute atomic E-state index is 1.07. The van der Waals surface area contributed by atoms with Gasteiger partial charge in [0.2, 0.25) is 0 Å². The highest BCUT2D eigenvalue weighted by Gasteiger charge is 2.09. The molecule has 2 aromatic rings. The Morgan fingerprint density at radius 1 is 0.706 bits per heavy atom. The zero-order valence-corrected chi connectivity index (χ0v) is 11.7. The third-order valence-corrected chi connectivity index (χ3v) is 4.14. The molecule has 0 saturated heterocycles. The van der Waals surface area contributed by atoms with Gasteiger partial charge in [0.1, 0.15) is 0 Å². The molecule has 0 saturated carbocycles. The monoisotopic (exact) mass is 242 g/mol. The van der Waals surface area contributed by atoms with Crippen LogP contribution in [0.1, 0.15) is 22.3 Å². The number of hydrogen-bond donors (Lipinski definition) is 1. The highest BCUT2D eigenvalue weighted by Crippen LogP contribution is 2.31. The van der Waals surface area contributed by atoms with E-state index in [0.717, 1.165) is 4.90 Å². The lowest BCUT2D eigenvalue weighted by molar-refractivity contribution is 1.23. The van der Waals surface area contributed by atoms with E-state index < -0.39 is 0 Å². The molecule has 0 radical (unpaired) electrons. The summed E-state index contributed by atoms with van der Waals surface area (Å²) < 4.78 is 0. The molecule has 0 aliphatic rings. The summed E-state index contributed by atoms with van der Waals surface area (Å²) in [6, 6.07) is 10.7. The van der Waals surface area contributed by atoms with E-state index in [1.807, 2.05) is 0 Å². The van der Waals surface area contributed by atoms with Crippen LogP contribution in [-0.2, 0) is 0 Å². The fourth-order valence-corrected chi connectivity index (χ4v) is 2.38. The molecule has 1 heteroatoms. The molecular formula is C16H18S. The van der Waals surface area contributed by atoms with Crippen molar-refractivity contribution in [2.45, 2.75) is 32.6 Å². The van der Waals surface area contributed by atoms with Crippen LogP contribution in [0.5, 0.6) is 0 Å². The van der Waals surface area contributed by atoms with Gasteiger partial charge in [0.25, 0.3) is 0 Å². The standard InChI is InChI=1S/C16H18S/c1-10-6-5-7-14(11(10)2)15-8-9-16(17)13(4)12(15)3/h5-9,17H,1-4H3. The number of aryl methyl sites for hydroxylation is 1. The van der Waals surface area contributed by atoms with Gasteiger partial charge in [-0.15, -0.1) is 12.6 Å². The van der Waals surface area contributed by atoms with Gasteiger partial charge in [-0.1, -0.05) is 24.3 Å². The van der Waals surface area contributed by atoms with Gasteiger partial charge < -0.3 is 0 Å². The number of thiol groups is 1. The SMILES string of the molecule is Cc1cccc(-c2ccc(S)c(C)c2C)c1C. The fourth-order valence-electron chi connectivity index (χ4n) is 2.14. The Bertz CT molecular complexity index is 568. The third-order valence-electron chi connectivity index (χ3n) is 3.65. The van der Waals surface area contributed by atoms with Gasteiger partial charge in [-0.3, -0.25) is 0 Å². The molecule has 88 valence electrons. The molecule has 0 unspecified atom stereocenters. The molecule has 0 atom stereocenters. The van der Waals surface area contributed by atoms with E-state index in [1.54, 1.807) is 0 Å². The summed E-state index contributed by atoms with van der Waals surface area (Å²) in [5, 5.41) is 0. The average molecular weight is 242 g/mol. The van der Waals surface area contributed by atoms with Crippen molar-refractivity contribution in [2.75, 3.05) is 0 Å². The normalized spacial score (nSPS) is 10.6. The predicted octanol–water partition coefficient (Wildman–Crippen LogP) is 4.88. The van der Waals surface area contributed by atoms with Crippen molar-refractivity contribution < 1.29 is 0 Å². The van der Waals surface area contributed by atoms with E-state index in [9.17, 15) is 0 Å². The van der Waals surface area contributed by atoms with Crippen molar-refractivity contribution in [3.05, 3.63) is 52.6 Å². The molecule has 2 rings (SSSR count). The van der Waals surface area contributed by atoms with Gasteiger partial charge in [-0.25, -0.2) is 0 Å². The van der Waals surface area contributed by atoms with Crippen LogP contribution in [0.15, 0.2) is 35.2 Å². The minimum Gasteiger partial charge on any atom is -0.143 e. The second-order valence-corrected chi connectivity index (χ2v) is 5.11. The van der Waals surface area contributed by atoms with Crippen molar-refractivity contribution in [1.29, 1.82) is 0 Å². The van der Waals surface area contributed by atoms with E-state index in [0.29, 0.717) is 0 Å². The zero-order valence-electron chi connectivity index (χ0n) is 10.8. The Labute approximate surface area is 109 Å². The molecule has 0 fully saturated rings. The van der Waals surface area contributed by atoms with E-state index in [1.165, 1.54) is 33.4 Å². The number of rotatable bonds is 1. The smallest absolute Gasteiger partial charge is 0.00723 e. The summed E-state index contributed by atoms with van der Waals surface area (Å²) in [5.41, 5.74) is 7.95. The summed E-state index contributed by atoms with van der Waals surface area (Å²) in [7, 11) is 0. The molecule has 0 spiro atoms. The van der Waals surface area contributed by atoms with E-state index in [-0.39, 0.29) is 0 Å². The maximum Gasteiger partial charge on any atom is 0.00723 e. The Morgan fingerprint density at radius 2 is 1.35 bits per heavy atom.